The van der Waals surface area contributed by atoms with Gasteiger partial charge in [-0.05, 0) is 42.7 Å². The Morgan fingerprint density at radius 1 is 1.03 bits per heavy atom. The number of hydrogen-bond donors (Lipinski definition) is 0. The monoisotopic (exact) mass is 486 g/mol. The van der Waals surface area contributed by atoms with E-state index < -0.39 is 23.5 Å². The number of amides is 1. The molecule has 1 fully saturated rings. The number of ketones is 1. The molecule has 0 aliphatic carbocycles. The second kappa shape index (κ2) is 11.1. The van der Waals surface area contributed by atoms with Gasteiger partial charge < -0.3 is 19.5 Å². The molecule has 0 saturated carbocycles. The summed E-state index contributed by atoms with van der Waals surface area (Å²) in [6.45, 7) is 7.08. The van der Waals surface area contributed by atoms with E-state index >= 15 is 0 Å². The van der Waals surface area contributed by atoms with Gasteiger partial charge in [0.2, 0.25) is 5.78 Å². The van der Waals surface area contributed by atoms with Gasteiger partial charge in [0.05, 0.1) is 25.8 Å². The number of pyridine rings is 1. The van der Waals surface area contributed by atoms with E-state index in [-0.39, 0.29) is 12.1 Å². The van der Waals surface area contributed by atoms with Gasteiger partial charge in [-0.1, -0.05) is 49.9 Å². The number of likely N-dealkylation sites (tertiary alicyclic amines) is 1. The molecule has 7 heteroatoms. The average Bonchev–Trinajstić information content (AvgIpc) is 3.13. The molecule has 1 aliphatic heterocycles. The Morgan fingerprint density at radius 3 is 2.44 bits per heavy atom. The number of ether oxygens (including phenoxy) is 2. The zero-order valence-corrected chi connectivity index (χ0v) is 20.7. The minimum absolute atomic E-state index is 0.0806. The van der Waals surface area contributed by atoms with Crippen LogP contribution in [-0.4, -0.2) is 29.8 Å². The molecule has 1 aliphatic rings. The van der Waals surface area contributed by atoms with Gasteiger partial charge >= 0.3 is 0 Å². The summed E-state index contributed by atoms with van der Waals surface area (Å²) >= 11 is 0. The van der Waals surface area contributed by atoms with E-state index in [1.165, 1.54) is 4.90 Å². The molecule has 0 radical (unpaired) electrons. The zero-order chi connectivity index (χ0) is 25.7. The number of carbonyl (C=O) groups is 2. The largest absolute Gasteiger partial charge is 0.872 e. The Bertz CT molecular complexity index is 1250. The summed E-state index contributed by atoms with van der Waals surface area (Å²) in [4.78, 5) is 31.0. The van der Waals surface area contributed by atoms with Crippen molar-refractivity contribution in [1.29, 1.82) is 0 Å². The van der Waals surface area contributed by atoms with Crippen molar-refractivity contribution < 1.29 is 29.2 Å². The van der Waals surface area contributed by atoms with Gasteiger partial charge in [-0.3, -0.25) is 9.59 Å². The summed E-state index contributed by atoms with van der Waals surface area (Å²) in [5.74, 6) is -0.462. The van der Waals surface area contributed by atoms with Crippen molar-refractivity contribution in [1.82, 2.24) is 4.90 Å². The molecule has 186 valence electrons. The van der Waals surface area contributed by atoms with Crippen LogP contribution in [0.25, 0.3) is 5.76 Å². The number of para-hydroxylation sites is 1. The molecule has 1 atom stereocenters. The fraction of sp³-hybridized carbons (Fsp3) is 0.276. The summed E-state index contributed by atoms with van der Waals surface area (Å²) in [5, 5.41) is 13.7. The van der Waals surface area contributed by atoms with Crippen LogP contribution in [0.3, 0.4) is 0 Å². The number of hydrogen-bond acceptors (Lipinski definition) is 5. The summed E-state index contributed by atoms with van der Waals surface area (Å²) in [5.41, 5.74) is 1.64. The molecule has 0 bridgehead atoms. The van der Waals surface area contributed by atoms with Crippen molar-refractivity contribution in [3.63, 3.8) is 0 Å². The molecule has 7 nitrogen and oxygen atoms in total. The van der Waals surface area contributed by atoms with E-state index in [4.69, 9.17) is 9.47 Å². The second-order valence-corrected chi connectivity index (χ2v) is 9.02. The van der Waals surface area contributed by atoms with Crippen LogP contribution in [-0.2, 0) is 16.1 Å². The van der Waals surface area contributed by atoms with E-state index in [0.29, 0.717) is 41.8 Å². The van der Waals surface area contributed by atoms with Gasteiger partial charge in [0, 0.05) is 22.8 Å². The van der Waals surface area contributed by atoms with Crippen LogP contribution in [0.1, 0.15) is 43.5 Å². The first-order chi connectivity index (χ1) is 17.4. The number of benzene rings is 2. The number of rotatable bonds is 9. The maximum atomic E-state index is 13.7. The van der Waals surface area contributed by atoms with E-state index in [9.17, 15) is 14.7 Å². The highest BCUT2D eigenvalue weighted by Crippen LogP contribution is 2.42. The Kier molecular flexibility index (Phi) is 7.68. The molecule has 1 amide bonds. The lowest BCUT2D eigenvalue weighted by Gasteiger charge is -2.28. The lowest BCUT2D eigenvalue weighted by molar-refractivity contribution is -0.378. The number of aromatic nitrogens is 1. The maximum Gasteiger partial charge on any atom is 0.295 e. The first kappa shape index (κ1) is 25.0. The highest BCUT2D eigenvalue weighted by molar-refractivity contribution is 6.46. The Morgan fingerprint density at radius 2 is 1.78 bits per heavy atom. The molecular weight excluding hydrogens is 456 g/mol. The molecule has 1 saturated heterocycles. The fourth-order valence-electron chi connectivity index (χ4n) is 4.20. The number of Topliss-reactive ketones (excluding diaryl/α,β-unsaturated/α-hetero) is 1. The minimum atomic E-state index is -0.877. The third-order valence-corrected chi connectivity index (χ3v) is 5.87. The highest BCUT2D eigenvalue weighted by Gasteiger charge is 2.45. The Balaban J connectivity index is 1.80. The molecule has 1 N–H and O–H groups in total. The molecule has 1 unspecified atom stereocenters. The van der Waals surface area contributed by atoms with E-state index in [0.717, 1.165) is 5.56 Å². The molecule has 4 rings (SSSR count). The molecule has 0 spiro atoms. The Labute approximate surface area is 211 Å². The average molecular weight is 487 g/mol. The van der Waals surface area contributed by atoms with Crippen LogP contribution < -0.4 is 19.6 Å². The summed E-state index contributed by atoms with van der Waals surface area (Å²) in [6, 6.07) is 16.7. The van der Waals surface area contributed by atoms with Crippen LogP contribution in [0.15, 0.2) is 78.6 Å². The van der Waals surface area contributed by atoms with Crippen LogP contribution in [0.4, 0.5) is 0 Å². The standard InChI is InChI=1S/C29H30N2O5/c1-4-35-24-10-6-5-9-23(24)26-25(27(32)21-11-13-22(14-12-21)36-18-19(2)3)28(33)29(34)31(26)17-20-8-7-15-30-16-20/h5-16,19,26,32H,4,17-18H2,1-3H3. The summed E-state index contributed by atoms with van der Waals surface area (Å²) in [6.07, 6.45) is 3.52. The zero-order valence-electron chi connectivity index (χ0n) is 20.7. The fourth-order valence-corrected chi connectivity index (χ4v) is 4.20. The molecule has 2 heterocycles. The summed E-state index contributed by atoms with van der Waals surface area (Å²) < 4.78 is 11.5. The van der Waals surface area contributed by atoms with Gasteiger partial charge in [0.15, 0.2) is 12.4 Å². The number of aromatic amines is 1. The van der Waals surface area contributed by atoms with Crippen molar-refractivity contribution in [3.05, 3.63) is 95.3 Å². The first-order valence-corrected chi connectivity index (χ1v) is 12.1. The minimum Gasteiger partial charge on any atom is -0.872 e. The van der Waals surface area contributed by atoms with Gasteiger partial charge in [-0.15, -0.1) is 0 Å². The van der Waals surface area contributed by atoms with Crippen LogP contribution in [0.5, 0.6) is 11.5 Å². The SMILES string of the molecule is CCOc1ccccc1C1C(=C([O-])c2ccc(OCC(C)C)cc2)C(=O)C(=O)N1Cc1ccc[nH+]c1. The lowest BCUT2D eigenvalue weighted by atomic mass is 9.94. The topological polar surface area (TPSA) is 93.0 Å². The second-order valence-electron chi connectivity index (χ2n) is 9.02. The third kappa shape index (κ3) is 5.25. The molecule has 3 aromatic rings. The third-order valence-electron chi connectivity index (χ3n) is 5.87. The van der Waals surface area contributed by atoms with Gasteiger partial charge in [0.25, 0.3) is 5.91 Å². The van der Waals surface area contributed by atoms with Gasteiger partial charge in [-0.25, -0.2) is 4.98 Å². The van der Waals surface area contributed by atoms with Gasteiger partial charge in [-0.2, -0.15) is 0 Å². The Hall–Kier alpha value is -4.13. The van der Waals surface area contributed by atoms with E-state index in [1.807, 2.05) is 31.2 Å². The van der Waals surface area contributed by atoms with Crippen LogP contribution >= 0.6 is 0 Å². The lowest BCUT2D eigenvalue weighted by Crippen LogP contribution is -2.30. The van der Waals surface area contributed by atoms with Crippen LogP contribution in [0.2, 0.25) is 0 Å². The first-order valence-electron chi connectivity index (χ1n) is 12.1. The number of nitrogens with one attached hydrogen (secondary N) is 1. The van der Waals surface area contributed by atoms with E-state index in [2.05, 4.69) is 18.8 Å². The highest BCUT2D eigenvalue weighted by atomic mass is 16.5. The number of nitrogens with zero attached hydrogens (tertiary/aromatic N) is 1. The molecule has 36 heavy (non-hydrogen) atoms. The van der Waals surface area contributed by atoms with Crippen molar-refractivity contribution in [2.24, 2.45) is 5.92 Å². The van der Waals surface area contributed by atoms with Crippen LogP contribution in [0, 0.1) is 5.92 Å². The molecule has 1 aromatic heterocycles. The quantitative estimate of drug-likeness (QED) is 0.263. The number of H-pyrrole nitrogens is 1. The van der Waals surface area contributed by atoms with E-state index in [1.54, 1.807) is 48.8 Å². The van der Waals surface area contributed by atoms with Crippen molar-refractivity contribution in [2.45, 2.75) is 33.4 Å². The number of carbonyl (C=O) groups excluding carboxylic acids is 2. The van der Waals surface area contributed by atoms with Crippen molar-refractivity contribution >= 4 is 17.4 Å². The predicted molar refractivity (Wildman–Crippen MR) is 133 cm³/mol. The molecule has 2 aromatic carbocycles. The van der Waals surface area contributed by atoms with Crippen molar-refractivity contribution in [2.75, 3.05) is 13.2 Å². The van der Waals surface area contributed by atoms with Crippen molar-refractivity contribution in [3.8, 4) is 11.5 Å². The predicted octanol–water partition coefficient (Wildman–Crippen LogP) is 3.36. The maximum absolute atomic E-state index is 13.7. The smallest absolute Gasteiger partial charge is 0.295 e. The summed E-state index contributed by atoms with van der Waals surface area (Å²) in [7, 11) is 0. The normalized spacial score (nSPS) is 17.0. The molecular formula is C29H30N2O5. The van der Waals surface area contributed by atoms with Gasteiger partial charge in [0.1, 0.15) is 11.5 Å².